The van der Waals surface area contributed by atoms with E-state index < -0.39 is 0 Å². The van der Waals surface area contributed by atoms with Crippen molar-refractivity contribution >= 4 is 0 Å². The normalized spacial score (nSPS) is 9.94. The van der Waals surface area contributed by atoms with Crippen LogP contribution in [0.5, 0.6) is 0 Å². The Morgan fingerprint density at radius 1 is 1.29 bits per heavy atom. The SMILES string of the molecule is Cc1cccc(-c2c[nH]c(=O)c(C#N)c2C)c1. The Bertz CT molecular complexity index is 663. The quantitative estimate of drug-likeness (QED) is 0.809. The van der Waals surface area contributed by atoms with Crippen LogP contribution in [0.3, 0.4) is 0 Å². The average Bonchev–Trinajstić information content (AvgIpc) is 2.29. The van der Waals surface area contributed by atoms with Crippen LogP contribution in [0, 0.1) is 25.2 Å². The summed E-state index contributed by atoms with van der Waals surface area (Å²) in [4.78, 5) is 14.0. The van der Waals surface area contributed by atoms with Crippen LogP contribution in [0.2, 0.25) is 0 Å². The van der Waals surface area contributed by atoms with Gasteiger partial charge in [0.1, 0.15) is 11.6 Å². The lowest BCUT2D eigenvalue weighted by molar-refractivity contribution is 1.18. The fourth-order valence-corrected chi connectivity index (χ4v) is 1.87. The molecule has 0 spiro atoms. The maximum Gasteiger partial charge on any atom is 0.266 e. The van der Waals surface area contributed by atoms with E-state index in [1.807, 2.05) is 37.3 Å². The van der Waals surface area contributed by atoms with Gasteiger partial charge in [0.15, 0.2) is 0 Å². The number of H-pyrrole nitrogens is 1. The van der Waals surface area contributed by atoms with E-state index in [9.17, 15) is 4.79 Å². The van der Waals surface area contributed by atoms with Crippen LogP contribution in [-0.4, -0.2) is 4.98 Å². The molecule has 1 aromatic heterocycles. The number of nitrogens with zero attached hydrogens (tertiary/aromatic N) is 1. The summed E-state index contributed by atoms with van der Waals surface area (Å²) in [6, 6.07) is 9.91. The molecule has 84 valence electrons. The highest BCUT2D eigenvalue weighted by atomic mass is 16.1. The maximum absolute atomic E-state index is 11.4. The van der Waals surface area contributed by atoms with Crippen molar-refractivity contribution in [3.63, 3.8) is 0 Å². The Kier molecular flexibility index (Phi) is 2.80. The Morgan fingerprint density at radius 3 is 2.71 bits per heavy atom. The number of hydrogen-bond acceptors (Lipinski definition) is 2. The first-order chi connectivity index (χ1) is 8.13. The Balaban J connectivity index is 2.70. The minimum absolute atomic E-state index is 0.184. The number of hydrogen-bond donors (Lipinski definition) is 1. The third-order valence-electron chi connectivity index (χ3n) is 2.79. The summed E-state index contributed by atoms with van der Waals surface area (Å²) in [5, 5.41) is 8.96. The molecule has 2 rings (SSSR count). The van der Waals surface area contributed by atoms with E-state index in [1.165, 1.54) is 0 Å². The molecule has 0 saturated carbocycles. The minimum atomic E-state index is -0.332. The molecule has 0 aliphatic carbocycles. The summed E-state index contributed by atoms with van der Waals surface area (Å²) >= 11 is 0. The van der Waals surface area contributed by atoms with E-state index >= 15 is 0 Å². The molecule has 0 amide bonds. The Labute approximate surface area is 99.4 Å². The van der Waals surface area contributed by atoms with Gasteiger partial charge in [0, 0.05) is 11.8 Å². The number of benzene rings is 1. The highest BCUT2D eigenvalue weighted by Crippen LogP contribution is 2.23. The number of aromatic amines is 1. The van der Waals surface area contributed by atoms with Crippen molar-refractivity contribution in [2.45, 2.75) is 13.8 Å². The fourth-order valence-electron chi connectivity index (χ4n) is 1.87. The molecule has 0 fully saturated rings. The molecule has 3 nitrogen and oxygen atoms in total. The number of rotatable bonds is 1. The lowest BCUT2D eigenvalue weighted by Gasteiger charge is -2.07. The highest BCUT2D eigenvalue weighted by molar-refractivity contribution is 5.69. The fraction of sp³-hybridized carbons (Fsp3) is 0.143. The summed E-state index contributed by atoms with van der Waals surface area (Å²) in [6.07, 6.45) is 1.66. The molecule has 0 radical (unpaired) electrons. The molecule has 0 unspecified atom stereocenters. The second-order valence-corrected chi connectivity index (χ2v) is 4.01. The largest absolute Gasteiger partial charge is 0.327 e. The van der Waals surface area contributed by atoms with E-state index in [2.05, 4.69) is 4.98 Å². The van der Waals surface area contributed by atoms with Gasteiger partial charge >= 0.3 is 0 Å². The zero-order valence-corrected chi connectivity index (χ0v) is 9.74. The third kappa shape index (κ3) is 1.98. The van der Waals surface area contributed by atoms with E-state index in [0.717, 1.165) is 22.3 Å². The summed E-state index contributed by atoms with van der Waals surface area (Å²) < 4.78 is 0. The predicted molar refractivity (Wildman–Crippen MR) is 66.7 cm³/mol. The van der Waals surface area contributed by atoms with E-state index in [-0.39, 0.29) is 11.1 Å². The zero-order chi connectivity index (χ0) is 12.4. The molecule has 0 saturated heterocycles. The van der Waals surface area contributed by atoms with Crippen molar-refractivity contribution in [3.8, 4) is 17.2 Å². The smallest absolute Gasteiger partial charge is 0.266 e. The third-order valence-corrected chi connectivity index (χ3v) is 2.79. The highest BCUT2D eigenvalue weighted by Gasteiger charge is 2.09. The molecule has 1 heterocycles. The Hall–Kier alpha value is -2.34. The Morgan fingerprint density at radius 2 is 2.06 bits per heavy atom. The molecular formula is C14H12N2O. The van der Waals surface area contributed by atoms with Gasteiger partial charge in [-0.3, -0.25) is 4.79 Å². The number of nitriles is 1. The molecule has 1 N–H and O–H groups in total. The van der Waals surface area contributed by atoms with Gasteiger partial charge in [-0.1, -0.05) is 29.8 Å². The molecule has 3 heteroatoms. The van der Waals surface area contributed by atoms with Crippen LogP contribution < -0.4 is 5.56 Å². The van der Waals surface area contributed by atoms with Gasteiger partial charge in [-0.05, 0) is 25.0 Å². The van der Waals surface area contributed by atoms with Crippen molar-refractivity contribution in [2.24, 2.45) is 0 Å². The lowest BCUT2D eigenvalue weighted by Crippen LogP contribution is -2.12. The van der Waals surface area contributed by atoms with Gasteiger partial charge in [-0.15, -0.1) is 0 Å². The molecule has 0 aliphatic heterocycles. The lowest BCUT2D eigenvalue weighted by atomic mass is 9.98. The van der Waals surface area contributed by atoms with E-state index in [1.54, 1.807) is 13.1 Å². The molecule has 2 aromatic rings. The molecule has 17 heavy (non-hydrogen) atoms. The predicted octanol–water partition coefficient (Wildman–Crippen LogP) is 2.53. The first-order valence-electron chi connectivity index (χ1n) is 5.33. The zero-order valence-electron chi connectivity index (χ0n) is 9.74. The first kappa shape index (κ1) is 11.2. The second kappa shape index (κ2) is 4.26. The van der Waals surface area contributed by atoms with Crippen molar-refractivity contribution in [1.82, 2.24) is 4.98 Å². The van der Waals surface area contributed by atoms with Gasteiger partial charge in [0.2, 0.25) is 0 Å². The van der Waals surface area contributed by atoms with Crippen molar-refractivity contribution in [1.29, 1.82) is 5.26 Å². The van der Waals surface area contributed by atoms with Crippen LogP contribution >= 0.6 is 0 Å². The number of nitrogens with one attached hydrogen (secondary N) is 1. The van der Waals surface area contributed by atoms with Gasteiger partial charge in [0.25, 0.3) is 5.56 Å². The maximum atomic E-state index is 11.4. The standard InChI is InChI=1S/C14H12N2O/c1-9-4-3-5-11(6-9)13-8-16-14(17)12(7-15)10(13)2/h3-6,8H,1-2H3,(H,16,17). The number of aryl methyl sites for hydroxylation is 1. The van der Waals surface area contributed by atoms with Gasteiger partial charge in [-0.25, -0.2) is 0 Å². The summed E-state index contributed by atoms with van der Waals surface area (Å²) in [7, 11) is 0. The summed E-state index contributed by atoms with van der Waals surface area (Å²) in [5.74, 6) is 0. The second-order valence-electron chi connectivity index (χ2n) is 4.01. The van der Waals surface area contributed by atoms with Crippen LogP contribution in [0.15, 0.2) is 35.3 Å². The van der Waals surface area contributed by atoms with Crippen molar-refractivity contribution in [2.75, 3.05) is 0 Å². The van der Waals surface area contributed by atoms with Crippen LogP contribution in [0.25, 0.3) is 11.1 Å². The monoisotopic (exact) mass is 224 g/mol. The van der Waals surface area contributed by atoms with Gasteiger partial charge in [-0.2, -0.15) is 5.26 Å². The van der Waals surface area contributed by atoms with Crippen LogP contribution in [0.4, 0.5) is 0 Å². The average molecular weight is 224 g/mol. The molecule has 0 atom stereocenters. The van der Waals surface area contributed by atoms with Crippen molar-refractivity contribution in [3.05, 3.63) is 57.5 Å². The topological polar surface area (TPSA) is 56.6 Å². The van der Waals surface area contributed by atoms with E-state index in [4.69, 9.17) is 5.26 Å². The first-order valence-corrected chi connectivity index (χ1v) is 5.33. The van der Waals surface area contributed by atoms with Crippen LogP contribution in [0.1, 0.15) is 16.7 Å². The van der Waals surface area contributed by atoms with Gasteiger partial charge in [0.05, 0.1) is 0 Å². The van der Waals surface area contributed by atoms with E-state index in [0.29, 0.717) is 0 Å². The summed E-state index contributed by atoms with van der Waals surface area (Å²) in [5.41, 5.74) is 3.62. The van der Waals surface area contributed by atoms with Crippen molar-refractivity contribution < 1.29 is 0 Å². The minimum Gasteiger partial charge on any atom is -0.327 e. The molecule has 0 bridgehead atoms. The molecule has 0 aliphatic rings. The van der Waals surface area contributed by atoms with Crippen LogP contribution in [-0.2, 0) is 0 Å². The molecular weight excluding hydrogens is 212 g/mol. The summed E-state index contributed by atoms with van der Waals surface area (Å²) in [6.45, 7) is 3.81. The van der Waals surface area contributed by atoms with Gasteiger partial charge < -0.3 is 4.98 Å². The molecule has 1 aromatic carbocycles. The number of pyridine rings is 1. The number of aromatic nitrogens is 1.